The van der Waals surface area contributed by atoms with Crippen molar-refractivity contribution in [1.29, 1.82) is 0 Å². The van der Waals surface area contributed by atoms with Gasteiger partial charge in [0.25, 0.3) is 0 Å². The molecule has 1 fully saturated rings. The van der Waals surface area contributed by atoms with E-state index >= 15 is 0 Å². The standard InChI is InChI=1S/C28H29ClN2O6/c1-34-19-9-5-17(6-10-19)27-21(13-14-26(32)31(27)18-7-11-20(35-2)12-8-18)28(33)30-23-15-22(29)24(36-3)16-25(23)37-4/h5-12,15-16,21,27H,13-14H2,1-4H3,(H,30,33)/t21-,27+/m0/s1. The molecule has 0 radical (unpaired) electrons. The molecule has 9 heteroatoms. The van der Waals surface area contributed by atoms with Crippen LogP contribution in [0.1, 0.15) is 24.4 Å². The summed E-state index contributed by atoms with van der Waals surface area (Å²) in [5, 5.41) is 3.30. The second-order valence-corrected chi connectivity index (χ2v) is 8.91. The molecule has 3 aromatic rings. The maximum absolute atomic E-state index is 13.8. The summed E-state index contributed by atoms with van der Waals surface area (Å²) in [5.41, 5.74) is 1.90. The van der Waals surface area contributed by atoms with Crippen LogP contribution in [-0.2, 0) is 9.59 Å². The summed E-state index contributed by atoms with van der Waals surface area (Å²) in [4.78, 5) is 28.7. The molecule has 4 rings (SSSR count). The number of ether oxygens (including phenoxy) is 4. The lowest BCUT2D eigenvalue weighted by Gasteiger charge is -2.41. The highest BCUT2D eigenvalue weighted by Gasteiger charge is 2.41. The second kappa shape index (κ2) is 11.4. The Morgan fingerprint density at radius 3 is 2.03 bits per heavy atom. The largest absolute Gasteiger partial charge is 0.497 e. The number of hydrogen-bond donors (Lipinski definition) is 1. The van der Waals surface area contributed by atoms with E-state index in [9.17, 15) is 9.59 Å². The Morgan fingerprint density at radius 2 is 1.46 bits per heavy atom. The second-order valence-electron chi connectivity index (χ2n) is 8.50. The van der Waals surface area contributed by atoms with Gasteiger partial charge in [0, 0.05) is 18.2 Å². The highest BCUT2D eigenvalue weighted by molar-refractivity contribution is 6.32. The first-order valence-corrected chi connectivity index (χ1v) is 12.1. The predicted octanol–water partition coefficient (Wildman–Crippen LogP) is 5.50. The molecule has 1 aliphatic heterocycles. The number of carbonyl (C=O) groups excluding carboxylic acids is 2. The quantitative estimate of drug-likeness (QED) is 0.419. The summed E-state index contributed by atoms with van der Waals surface area (Å²) in [6.45, 7) is 0. The molecular weight excluding hydrogens is 496 g/mol. The number of nitrogens with one attached hydrogen (secondary N) is 1. The van der Waals surface area contributed by atoms with Gasteiger partial charge in [0.2, 0.25) is 11.8 Å². The lowest BCUT2D eigenvalue weighted by molar-refractivity contribution is -0.125. The molecule has 2 amide bonds. The predicted molar refractivity (Wildman–Crippen MR) is 142 cm³/mol. The number of rotatable bonds is 8. The molecule has 2 atom stereocenters. The lowest BCUT2D eigenvalue weighted by atomic mass is 9.83. The Labute approximate surface area is 221 Å². The molecule has 0 unspecified atom stereocenters. The van der Waals surface area contributed by atoms with Crippen LogP contribution >= 0.6 is 11.6 Å². The van der Waals surface area contributed by atoms with Crippen LogP contribution in [0, 0.1) is 5.92 Å². The Morgan fingerprint density at radius 1 is 0.865 bits per heavy atom. The molecule has 8 nitrogen and oxygen atoms in total. The number of halogens is 1. The average molecular weight is 525 g/mol. The van der Waals surface area contributed by atoms with E-state index in [2.05, 4.69) is 5.32 Å². The van der Waals surface area contributed by atoms with E-state index in [1.165, 1.54) is 14.2 Å². The van der Waals surface area contributed by atoms with Gasteiger partial charge in [-0.25, -0.2) is 0 Å². The Hall–Kier alpha value is -3.91. The Bertz CT molecular complexity index is 1260. The molecule has 0 spiro atoms. The fraction of sp³-hybridized carbons (Fsp3) is 0.286. The molecular formula is C28H29ClN2O6. The number of methoxy groups -OCH3 is 4. The van der Waals surface area contributed by atoms with Crippen LogP contribution in [0.15, 0.2) is 60.7 Å². The minimum Gasteiger partial charge on any atom is -0.497 e. The molecule has 3 aromatic carbocycles. The van der Waals surface area contributed by atoms with Gasteiger partial charge in [-0.2, -0.15) is 0 Å². The van der Waals surface area contributed by atoms with E-state index in [0.29, 0.717) is 45.8 Å². The molecule has 1 N–H and O–H groups in total. The maximum atomic E-state index is 13.8. The van der Waals surface area contributed by atoms with Gasteiger partial charge in [-0.3, -0.25) is 9.59 Å². The zero-order valence-electron chi connectivity index (χ0n) is 21.1. The molecule has 0 bridgehead atoms. The summed E-state index contributed by atoms with van der Waals surface area (Å²) in [6, 6.07) is 17.3. The number of anilines is 2. The average Bonchev–Trinajstić information content (AvgIpc) is 2.93. The number of amides is 2. The van der Waals surface area contributed by atoms with Crippen molar-refractivity contribution in [2.24, 2.45) is 5.92 Å². The smallest absolute Gasteiger partial charge is 0.230 e. The third-order valence-corrected chi connectivity index (χ3v) is 6.77. The SMILES string of the molecule is COc1ccc([C@@H]2[C@@H](C(=O)Nc3cc(Cl)c(OC)cc3OC)CCC(=O)N2c2ccc(OC)cc2)cc1. The van der Waals surface area contributed by atoms with Crippen LogP contribution < -0.4 is 29.2 Å². The van der Waals surface area contributed by atoms with Crippen LogP contribution in [0.3, 0.4) is 0 Å². The summed E-state index contributed by atoms with van der Waals surface area (Å²) in [7, 11) is 6.18. The van der Waals surface area contributed by atoms with E-state index in [1.807, 2.05) is 36.4 Å². The van der Waals surface area contributed by atoms with Crippen molar-refractivity contribution >= 4 is 34.8 Å². The van der Waals surface area contributed by atoms with E-state index in [0.717, 1.165) is 5.56 Å². The zero-order chi connectivity index (χ0) is 26.5. The normalized spacial score (nSPS) is 17.2. The minimum absolute atomic E-state index is 0.0693. The van der Waals surface area contributed by atoms with E-state index < -0.39 is 12.0 Å². The first-order valence-electron chi connectivity index (χ1n) is 11.7. The van der Waals surface area contributed by atoms with Gasteiger partial charge in [-0.1, -0.05) is 23.7 Å². The van der Waals surface area contributed by atoms with Crippen LogP contribution in [0.2, 0.25) is 5.02 Å². The highest BCUT2D eigenvalue weighted by atomic mass is 35.5. The molecule has 194 valence electrons. The summed E-state index contributed by atoms with van der Waals surface area (Å²) >= 11 is 6.32. The number of piperidine rings is 1. The van der Waals surface area contributed by atoms with Gasteiger partial charge in [-0.15, -0.1) is 0 Å². The van der Waals surface area contributed by atoms with Gasteiger partial charge in [0.1, 0.15) is 23.0 Å². The van der Waals surface area contributed by atoms with Crippen molar-refractivity contribution < 1.29 is 28.5 Å². The first-order chi connectivity index (χ1) is 17.9. The number of benzene rings is 3. The molecule has 1 saturated heterocycles. The molecule has 0 saturated carbocycles. The lowest BCUT2D eigenvalue weighted by Crippen LogP contribution is -2.47. The van der Waals surface area contributed by atoms with Crippen molar-refractivity contribution in [2.75, 3.05) is 38.7 Å². The fourth-order valence-corrected chi connectivity index (χ4v) is 4.82. The van der Waals surface area contributed by atoms with Crippen LogP contribution in [0.4, 0.5) is 11.4 Å². The van der Waals surface area contributed by atoms with Crippen LogP contribution in [0.25, 0.3) is 0 Å². The fourth-order valence-electron chi connectivity index (χ4n) is 4.58. The van der Waals surface area contributed by atoms with Crippen molar-refractivity contribution in [3.05, 3.63) is 71.2 Å². The number of nitrogens with zero attached hydrogens (tertiary/aromatic N) is 1. The third kappa shape index (κ3) is 5.44. The third-order valence-electron chi connectivity index (χ3n) is 6.47. The van der Waals surface area contributed by atoms with E-state index in [-0.39, 0.29) is 18.2 Å². The van der Waals surface area contributed by atoms with E-state index in [1.54, 1.807) is 43.4 Å². The topological polar surface area (TPSA) is 86.3 Å². The van der Waals surface area contributed by atoms with Gasteiger partial charge in [-0.05, 0) is 54.4 Å². The van der Waals surface area contributed by atoms with Crippen LogP contribution in [0.5, 0.6) is 23.0 Å². The minimum atomic E-state index is -0.557. The van der Waals surface area contributed by atoms with Crippen molar-refractivity contribution in [2.45, 2.75) is 18.9 Å². The molecule has 1 aliphatic rings. The molecule has 37 heavy (non-hydrogen) atoms. The first kappa shape index (κ1) is 26.2. The summed E-state index contributed by atoms with van der Waals surface area (Å²) < 4.78 is 21.3. The summed E-state index contributed by atoms with van der Waals surface area (Å²) in [5.74, 6) is 1.31. The zero-order valence-corrected chi connectivity index (χ0v) is 21.9. The van der Waals surface area contributed by atoms with Gasteiger partial charge < -0.3 is 29.2 Å². The molecule has 0 aromatic heterocycles. The Kier molecular flexibility index (Phi) is 8.08. The van der Waals surface area contributed by atoms with Crippen molar-refractivity contribution in [1.82, 2.24) is 0 Å². The summed E-state index contributed by atoms with van der Waals surface area (Å²) in [6.07, 6.45) is 0.595. The van der Waals surface area contributed by atoms with Crippen molar-refractivity contribution in [3.8, 4) is 23.0 Å². The molecule has 0 aliphatic carbocycles. The monoisotopic (exact) mass is 524 g/mol. The molecule has 1 heterocycles. The van der Waals surface area contributed by atoms with Gasteiger partial charge >= 0.3 is 0 Å². The number of carbonyl (C=O) groups is 2. The maximum Gasteiger partial charge on any atom is 0.230 e. The highest BCUT2D eigenvalue weighted by Crippen LogP contribution is 2.42. The number of hydrogen-bond acceptors (Lipinski definition) is 6. The van der Waals surface area contributed by atoms with Gasteiger partial charge in [0.05, 0.1) is 51.1 Å². The van der Waals surface area contributed by atoms with E-state index in [4.69, 9.17) is 30.5 Å². The Balaban J connectivity index is 1.74. The van der Waals surface area contributed by atoms with Crippen LogP contribution in [-0.4, -0.2) is 40.3 Å². The van der Waals surface area contributed by atoms with Gasteiger partial charge in [0.15, 0.2) is 0 Å². The van der Waals surface area contributed by atoms with Crippen molar-refractivity contribution in [3.63, 3.8) is 0 Å².